The zero-order chi connectivity index (χ0) is 23.4. The number of nitrogens with zero attached hydrogens (tertiary/aromatic N) is 2. The van der Waals surface area contributed by atoms with Gasteiger partial charge in [-0.2, -0.15) is 0 Å². The van der Waals surface area contributed by atoms with Gasteiger partial charge in [0.25, 0.3) is 5.91 Å². The average Bonchev–Trinajstić information content (AvgIpc) is 2.77. The largest absolute Gasteiger partial charge is 0.484 e. The topological polar surface area (TPSA) is 93.2 Å². The van der Waals surface area contributed by atoms with E-state index in [-0.39, 0.29) is 28.4 Å². The Balaban J connectivity index is 1.50. The molecule has 0 radical (unpaired) electrons. The minimum absolute atomic E-state index is 0.153. The van der Waals surface area contributed by atoms with Crippen LogP contribution in [0, 0.1) is 0 Å². The molecule has 172 valence electrons. The van der Waals surface area contributed by atoms with Crippen molar-refractivity contribution in [1.82, 2.24) is 9.80 Å². The molecule has 1 aliphatic rings. The lowest BCUT2D eigenvalue weighted by molar-refractivity contribution is -0.135. The van der Waals surface area contributed by atoms with Crippen LogP contribution in [0.1, 0.15) is 20.8 Å². The van der Waals surface area contributed by atoms with Crippen molar-refractivity contribution in [3.63, 3.8) is 0 Å². The van der Waals surface area contributed by atoms with E-state index in [2.05, 4.69) is 0 Å². The molecule has 2 aromatic carbocycles. The minimum atomic E-state index is -3.60. The number of ether oxygens (including phenoxy) is 2. The first-order valence-electron chi connectivity index (χ1n) is 10.3. The number of hydrogen-bond acceptors (Lipinski definition) is 6. The second kappa shape index (κ2) is 9.60. The van der Waals surface area contributed by atoms with Crippen molar-refractivity contribution in [1.29, 1.82) is 0 Å². The first-order chi connectivity index (χ1) is 15.1. The first kappa shape index (κ1) is 23.6. The van der Waals surface area contributed by atoms with Gasteiger partial charge in [-0.05, 0) is 57.2 Å². The normalized spacial score (nSPS) is 14.7. The van der Waals surface area contributed by atoms with E-state index in [9.17, 15) is 18.0 Å². The molecule has 0 unspecified atom stereocenters. The van der Waals surface area contributed by atoms with Crippen LogP contribution in [0.2, 0.25) is 0 Å². The van der Waals surface area contributed by atoms with Crippen molar-refractivity contribution in [2.45, 2.75) is 36.2 Å². The second-order valence-corrected chi connectivity index (χ2v) is 10.4. The predicted molar refractivity (Wildman–Crippen MR) is 118 cm³/mol. The highest BCUT2D eigenvalue weighted by atomic mass is 32.2. The predicted octanol–water partition coefficient (Wildman–Crippen LogP) is 2.98. The summed E-state index contributed by atoms with van der Waals surface area (Å²) in [6.07, 6.45) is -0.383. The van der Waals surface area contributed by atoms with E-state index < -0.39 is 15.4 Å². The number of hydrogen-bond donors (Lipinski definition) is 0. The Hall–Kier alpha value is -3.07. The SMILES string of the molecule is CC(C)(C)OC(=O)N1CCN(C(=O)COc2ccc(S(=O)(=O)c3ccccc3)cc2)CC1. The molecule has 9 heteroatoms. The highest BCUT2D eigenvalue weighted by Crippen LogP contribution is 2.23. The van der Waals surface area contributed by atoms with E-state index in [0.717, 1.165) is 0 Å². The standard InChI is InChI=1S/C23H28N2O6S/c1-23(2,3)31-22(27)25-15-13-24(14-16-25)21(26)17-30-18-9-11-20(12-10-18)32(28,29)19-7-5-4-6-8-19/h4-12H,13-17H2,1-3H3. The molecule has 3 rings (SSSR count). The molecule has 32 heavy (non-hydrogen) atoms. The number of carbonyl (C=O) groups is 2. The van der Waals surface area contributed by atoms with Gasteiger partial charge in [-0.15, -0.1) is 0 Å². The van der Waals surface area contributed by atoms with Gasteiger partial charge in [-0.3, -0.25) is 4.79 Å². The molecule has 0 aliphatic carbocycles. The van der Waals surface area contributed by atoms with Gasteiger partial charge >= 0.3 is 6.09 Å². The van der Waals surface area contributed by atoms with Crippen LogP contribution in [-0.2, 0) is 19.4 Å². The van der Waals surface area contributed by atoms with Crippen LogP contribution in [0.3, 0.4) is 0 Å². The van der Waals surface area contributed by atoms with Crippen molar-refractivity contribution in [2.24, 2.45) is 0 Å². The monoisotopic (exact) mass is 460 g/mol. The smallest absolute Gasteiger partial charge is 0.410 e. The lowest BCUT2D eigenvalue weighted by atomic mass is 10.2. The zero-order valence-corrected chi connectivity index (χ0v) is 19.3. The number of benzene rings is 2. The number of rotatable bonds is 5. The Labute approximate surface area is 188 Å². The third kappa shape index (κ3) is 6.00. The van der Waals surface area contributed by atoms with Gasteiger partial charge in [0.1, 0.15) is 11.4 Å². The summed E-state index contributed by atoms with van der Waals surface area (Å²) in [6, 6.07) is 14.2. The van der Waals surface area contributed by atoms with Crippen LogP contribution in [0.15, 0.2) is 64.4 Å². The molecule has 2 aromatic rings. The van der Waals surface area contributed by atoms with Crippen molar-refractivity contribution in [2.75, 3.05) is 32.8 Å². The molecule has 1 aliphatic heterocycles. The summed E-state index contributed by atoms with van der Waals surface area (Å²) in [5.74, 6) is 0.201. The quantitative estimate of drug-likeness (QED) is 0.681. The fourth-order valence-corrected chi connectivity index (χ4v) is 4.43. The first-order valence-corrected chi connectivity index (χ1v) is 11.8. The summed E-state index contributed by atoms with van der Waals surface area (Å²) in [7, 11) is -3.60. The van der Waals surface area contributed by atoms with Gasteiger partial charge in [0.2, 0.25) is 9.84 Å². The maximum Gasteiger partial charge on any atom is 0.410 e. The number of amides is 2. The summed E-state index contributed by atoms with van der Waals surface area (Å²) in [6.45, 7) is 6.85. The summed E-state index contributed by atoms with van der Waals surface area (Å²) in [4.78, 5) is 28.2. The van der Waals surface area contributed by atoms with E-state index in [4.69, 9.17) is 9.47 Å². The highest BCUT2D eigenvalue weighted by molar-refractivity contribution is 7.91. The fourth-order valence-electron chi connectivity index (χ4n) is 3.15. The van der Waals surface area contributed by atoms with Crippen molar-refractivity contribution in [3.05, 3.63) is 54.6 Å². The molecule has 0 N–H and O–H groups in total. The second-order valence-electron chi connectivity index (χ2n) is 8.42. The fraction of sp³-hybridized carbons (Fsp3) is 0.391. The summed E-state index contributed by atoms with van der Waals surface area (Å²) >= 11 is 0. The molecule has 0 bridgehead atoms. The van der Waals surface area contributed by atoms with Crippen molar-refractivity contribution >= 4 is 21.8 Å². The Morgan fingerprint density at radius 2 is 1.38 bits per heavy atom. The molecule has 2 amide bonds. The maximum atomic E-state index is 12.6. The molecule has 1 heterocycles. The summed E-state index contributed by atoms with van der Waals surface area (Å²) < 4.78 is 36.2. The van der Waals surface area contributed by atoms with E-state index in [1.807, 2.05) is 20.8 Å². The van der Waals surface area contributed by atoms with Crippen LogP contribution in [-0.4, -0.2) is 68.6 Å². The van der Waals surface area contributed by atoms with Crippen LogP contribution >= 0.6 is 0 Å². The minimum Gasteiger partial charge on any atom is -0.484 e. The summed E-state index contributed by atoms with van der Waals surface area (Å²) in [5, 5.41) is 0. The average molecular weight is 461 g/mol. The molecule has 1 saturated heterocycles. The highest BCUT2D eigenvalue weighted by Gasteiger charge is 2.27. The van der Waals surface area contributed by atoms with Crippen LogP contribution in [0.5, 0.6) is 5.75 Å². The van der Waals surface area contributed by atoms with Gasteiger partial charge < -0.3 is 19.3 Å². The van der Waals surface area contributed by atoms with E-state index in [1.54, 1.807) is 40.1 Å². The van der Waals surface area contributed by atoms with Crippen LogP contribution < -0.4 is 4.74 Å². The van der Waals surface area contributed by atoms with Crippen molar-refractivity contribution < 1.29 is 27.5 Å². The Morgan fingerprint density at radius 1 is 0.844 bits per heavy atom. The molecular formula is C23H28N2O6S. The van der Waals surface area contributed by atoms with E-state index in [1.165, 1.54) is 24.3 Å². The third-order valence-electron chi connectivity index (χ3n) is 4.83. The Morgan fingerprint density at radius 3 is 1.94 bits per heavy atom. The molecule has 0 atom stereocenters. The molecule has 0 aromatic heterocycles. The maximum absolute atomic E-state index is 12.6. The Bertz CT molecular complexity index is 1040. The Kier molecular flexibility index (Phi) is 7.08. The van der Waals surface area contributed by atoms with Crippen molar-refractivity contribution in [3.8, 4) is 5.75 Å². The lowest BCUT2D eigenvalue weighted by Crippen LogP contribution is -2.52. The number of piperazine rings is 1. The van der Waals surface area contributed by atoms with Crippen LogP contribution in [0.25, 0.3) is 0 Å². The lowest BCUT2D eigenvalue weighted by Gasteiger charge is -2.35. The molecule has 0 spiro atoms. The van der Waals surface area contributed by atoms with Gasteiger partial charge in [-0.25, -0.2) is 13.2 Å². The molecular weight excluding hydrogens is 432 g/mol. The van der Waals surface area contributed by atoms with Gasteiger partial charge in [0, 0.05) is 26.2 Å². The molecule has 0 saturated carbocycles. The zero-order valence-electron chi connectivity index (χ0n) is 18.5. The summed E-state index contributed by atoms with van der Waals surface area (Å²) in [5.41, 5.74) is -0.562. The number of sulfone groups is 1. The number of carbonyl (C=O) groups excluding carboxylic acids is 2. The van der Waals surface area contributed by atoms with E-state index in [0.29, 0.717) is 31.9 Å². The molecule has 8 nitrogen and oxygen atoms in total. The van der Waals surface area contributed by atoms with Crippen LogP contribution in [0.4, 0.5) is 4.79 Å². The molecule has 1 fully saturated rings. The van der Waals surface area contributed by atoms with Gasteiger partial charge in [-0.1, -0.05) is 18.2 Å². The third-order valence-corrected chi connectivity index (χ3v) is 6.62. The van der Waals surface area contributed by atoms with Gasteiger partial charge in [0.15, 0.2) is 6.61 Å². The van der Waals surface area contributed by atoms with Gasteiger partial charge in [0.05, 0.1) is 9.79 Å². The van der Waals surface area contributed by atoms with E-state index >= 15 is 0 Å².